The number of rotatable bonds is 3. The predicted molar refractivity (Wildman–Crippen MR) is 71.7 cm³/mol. The number of hydrogen-bond donors (Lipinski definition) is 1. The number of carbonyl (C=O) groups excluding carboxylic acids is 1. The van der Waals surface area contributed by atoms with Crippen LogP contribution < -0.4 is 4.90 Å². The largest absolute Gasteiger partial charge is 0.310 e. The molecule has 0 bridgehead atoms. The van der Waals surface area contributed by atoms with E-state index in [2.05, 4.69) is 6.58 Å². The fraction of sp³-hybridized carbons (Fsp3) is 0.308. The highest BCUT2D eigenvalue weighted by molar-refractivity contribution is 7.86. The van der Waals surface area contributed by atoms with Crippen LogP contribution >= 0.6 is 0 Å². The van der Waals surface area contributed by atoms with Crippen molar-refractivity contribution < 1.29 is 17.8 Å². The Bertz CT molecular complexity index is 636. The van der Waals surface area contributed by atoms with Crippen molar-refractivity contribution in [1.82, 2.24) is 0 Å². The third-order valence-electron chi connectivity index (χ3n) is 3.17. The molecule has 5 nitrogen and oxygen atoms in total. The maximum Gasteiger partial charge on any atom is 0.296 e. The zero-order chi connectivity index (χ0) is 14.2. The summed E-state index contributed by atoms with van der Waals surface area (Å²) < 4.78 is 32.1. The Morgan fingerprint density at radius 2 is 2.16 bits per heavy atom. The molecule has 1 aromatic rings. The molecular formula is C13H15NO4S. The summed E-state index contributed by atoms with van der Waals surface area (Å²) in [7, 11) is -4.36. The average molecular weight is 281 g/mol. The van der Waals surface area contributed by atoms with E-state index in [0.29, 0.717) is 18.5 Å². The molecule has 1 atom stereocenters. The van der Waals surface area contributed by atoms with Crippen LogP contribution in [0.1, 0.15) is 12.0 Å². The summed E-state index contributed by atoms with van der Waals surface area (Å²) in [5.41, 5.74) is 0.922. The molecule has 19 heavy (non-hydrogen) atoms. The van der Waals surface area contributed by atoms with Crippen LogP contribution in [-0.4, -0.2) is 25.4 Å². The number of benzene rings is 1. The van der Waals surface area contributed by atoms with E-state index in [9.17, 15) is 17.8 Å². The van der Waals surface area contributed by atoms with Crippen LogP contribution in [0.15, 0.2) is 35.7 Å². The van der Waals surface area contributed by atoms with Gasteiger partial charge in [0.1, 0.15) is 4.90 Å². The van der Waals surface area contributed by atoms with Gasteiger partial charge in [-0.3, -0.25) is 9.35 Å². The monoisotopic (exact) mass is 281 g/mol. The summed E-state index contributed by atoms with van der Waals surface area (Å²) in [6.45, 7) is 5.75. The molecule has 2 rings (SSSR count). The second-order valence-electron chi connectivity index (χ2n) is 4.65. The molecular weight excluding hydrogens is 266 g/mol. The first kappa shape index (κ1) is 13.8. The number of nitrogens with zero attached hydrogens (tertiary/aromatic N) is 1. The summed E-state index contributed by atoms with van der Waals surface area (Å²) >= 11 is 0. The lowest BCUT2D eigenvalue weighted by molar-refractivity contribution is -0.117. The van der Waals surface area contributed by atoms with Crippen molar-refractivity contribution in [2.45, 2.75) is 18.2 Å². The molecule has 0 radical (unpaired) electrons. The molecule has 1 aliphatic heterocycles. The fourth-order valence-corrected chi connectivity index (χ4v) is 2.95. The van der Waals surface area contributed by atoms with Crippen LogP contribution in [-0.2, 0) is 14.9 Å². The minimum Gasteiger partial charge on any atom is -0.310 e. The van der Waals surface area contributed by atoms with Crippen molar-refractivity contribution >= 4 is 21.7 Å². The number of amides is 1. The van der Waals surface area contributed by atoms with Crippen molar-refractivity contribution in [2.75, 3.05) is 11.4 Å². The molecule has 1 heterocycles. The van der Waals surface area contributed by atoms with E-state index in [1.54, 1.807) is 25.1 Å². The second kappa shape index (κ2) is 4.79. The minimum atomic E-state index is -4.36. The van der Waals surface area contributed by atoms with E-state index in [4.69, 9.17) is 0 Å². The summed E-state index contributed by atoms with van der Waals surface area (Å²) in [6.07, 6.45) is 1.99. The first-order chi connectivity index (χ1) is 8.82. The molecule has 1 aliphatic rings. The topological polar surface area (TPSA) is 74.7 Å². The summed E-state index contributed by atoms with van der Waals surface area (Å²) in [6, 6.07) is 4.61. The molecule has 1 unspecified atom stereocenters. The maximum atomic E-state index is 11.9. The van der Waals surface area contributed by atoms with Crippen LogP contribution in [0.5, 0.6) is 0 Å². The average Bonchev–Trinajstić information content (AvgIpc) is 2.69. The van der Waals surface area contributed by atoms with Crippen molar-refractivity contribution in [3.05, 3.63) is 36.4 Å². The summed E-state index contributed by atoms with van der Waals surface area (Å²) in [5.74, 6) is -0.165. The summed E-state index contributed by atoms with van der Waals surface area (Å²) in [4.78, 5) is 13.1. The van der Waals surface area contributed by atoms with Gasteiger partial charge in [0.15, 0.2) is 0 Å². The lowest BCUT2D eigenvalue weighted by atomic mass is 10.1. The first-order valence-electron chi connectivity index (χ1n) is 5.84. The van der Waals surface area contributed by atoms with Gasteiger partial charge in [-0.1, -0.05) is 12.1 Å². The number of hydrogen-bond acceptors (Lipinski definition) is 3. The van der Waals surface area contributed by atoms with Gasteiger partial charge in [-0.05, 0) is 24.6 Å². The van der Waals surface area contributed by atoms with Crippen LogP contribution in [0.25, 0.3) is 0 Å². The highest BCUT2D eigenvalue weighted by Gasteiger charge is 2.32. The Balaban J connectivity index is 2.52. The molecule has 6 heteroatoms. The normalized spacial score (nSPS) is 19.8. The highest BCUT2D eigenvalue weighted by Crippen LogP contribution is 2.31. The number of aryl methyl sites for hydroxylation is 1. The van der Waals surface area contributed by atoms with Gasteiger partial charge in [0.05, 0.1) is 5.69 Å². The Morgan fingerprint density at radius 3 is 2.68 bits per heavy atom. The smallest absolute Gasteiger partial charge is 0.296 e. The van der Waals surface area contributed by atoms with Crippen molar-refractivity contribution in [3.63, 3.8) is 0 Å². The van der Waals surface area contributed by atoms with E-state index in [-0.39, 0.29) is 22.4 Å². The Morgan fingerprint density at radius 1 is 1.47 bits per heavy atom. The zero-order valence-electron chi connectivity index (χ0n) is 10.5. The molecule has 1 saturated heterocycles. The number of anilines is 1. The molecule has 0 aromatic heterocycles. The molecule has 0 saturated carbocycles. The lowest BCUT2D eigenvalue weighted by Crippen LogP contribution is -2.26. The van der Waals surface area contributed by atoms with Crippen LogP contribution in [0.2, 0.25) is 0 Å². The van der Waals surface area contributed by atoms with E-state index < -0.39 is 10.1 Å². The van der Waals surface area contributed by atoms with Gasteiger partial charge in [-0.15, -0.1) is 6.58 Å². The SMILES string of the molecule is C=CC1CC(=O)N(c2ccc(C)cc2S(=O)(=O)O)C1. The Hall–Kier alpha value is -1.66. The molecule has 0 spiro atoms. The van der Waals surface area contributed by atoms with Gasteiger partial charge in [0.2, 0.25) is 5.91 Å². The predicted octanol–water partition coefficient (Wildman–Crippen LogP) is 1.78. The molecule has 1 amide bonds. The van der Waals surface area contributed by atoms with Gasteiger partial charge in [0, 0.05) is 18.9 Å². The van der Waals surface area contributed by atoms with Gasteiger partial charge >= 0.3 is 0 Å². The van der Waals surface area contributed by atoms with Gasteiger partial charge in [0.25, 0.3) is 10.1 Å². The third kappa shape index (κ3) is 2.69. The molecule has 0 aliphatic carbocycles. The van der Waals surface area contributed by atoms with Crippen molar-refractivity contribution in [3.8, 4) is 0 Å². The molecule has 1 aromatic carbocycles. The van der Waals surface area contributed by atoms with Crippen LogP contribution in [0.3, 0.4) is 0 Å². The maximum absolute atomic E-state index is 11.9. The van der Waals surface area contributed by atoms with E-state index in [1.165, 1.54) is 11.0 Å². The van der Waals surface area contributed by atoms with E-state index in [0.717, 1.165) is 0 Å². The first-order valence-corrected chi connectivity index (χ1v) is 7.28. The summed E-state index contributed by atoms with van der Waals surface area (Å²) in [5, 5.41) is 0. The quantitative estimate of drug-likeness (QED) is 0.677. The van der Waals surface area contributed by atoms with E-state index in [1.807, 2.05) is 0 Å². The van der Waals surface area contributed by atoms with Gasteiger partial charge in [-0.25, -0.2) is 0 Å². The molecule has 1 fully saturated rings. The van der Waals surface area contributed by atoms with Crippen LogP contribution in [0.4, 0.5) is 5.69 Å². The van der Waals surface area contributed by atoms with E-state index >= 15 is 0 Å². The van der Waals surface area contributed by atoms with Crippen molar-refractivity contribution in [2.24, 2.45) is 5.92 Å². The Labute approximate surface area is 112 Å². The highest BCUT2D eigenvalue weighted by atomic mass is 32.2. The molecule has 1 N–H and O–H groups in total. The number of carbonyl (C=O) groups is 1. The third-order valence-corrected chi connectivity index (χ3v) is 4.06. The fourth-order valence-electron chi connectivity index (χ4n) is 2.18. The minimum absolute atomic E-state index is 0.00282. The van der Waals surface area contributed by atoms with Crippen LogP contribution in [0, 0.1) is 12.8 Å². The Kier molecular flexibility index (Phi) is 3.47. The molecule has 102 valence electrons. The zero-order valence-corrected chi connectivity index (χ0v) is 11.4. The van der Waals surface area contributed by atoms with Gasteiger partial charge < -0.3 is 4.90 Å². The standard InChI is InChI=1S/C13H15NO4S/c1-3-10-7-13(15)14(8-10)11-5-4-9(2)6-12(11)19(16,17)18/h3-6,10H,1,7-8H2,2H3,(H,16,17,18). The van der Waals surface area contributed by atoms with Gasteiger partial charge in [-0.2, -0.15) is 8.42 Å². The van der Waals surface area contributed by atoms with Crippen molar-refractivity contribution in [1.29, 1.82) is 0 Å². The second-order valence-corrected chi connectivity index (χ2v) is 6.04. The lowest BCUT2D eigenvalue weighted by Gasteiger charge is -2.19.